The number of sulfone groups is 1. The molecule has 7 nitrogen and oxygen atoms in total. The number of amides is 1. The average Bonchev–Trinajstić information content (AvgIpc) is 3.01. The van der Waals surface area contributed by atoms with E-state index < -0.39 is 9.84 Å². The first kappa shape index (κ1) is 13.5. The van der Waals surface area contributed by atoms with Gasteiger partial charge in [0, 0.05) is 13.1 Å². The van der Waals surface area contributed by atoms with E-state index in [0.717, 1.165) is 0 Å². The van der Waals surface area contributed by atoms with Gasteiger partial charge in [-0.1, -0.05) is 11.3 Å². The quantitative estimate of drug-likeness (QED) is 0.799. The van der Waals surface area contributed by atoms with Crippen LogP contribution in [0.4, 0.5) is 0 Å². The predicted octanol–water partition coefficient (Wildman–Crippen LogP) is 0.358. The smallest absolute Gasteiger partial charge is 0.274 e. The summed E-state index contributed by atoms with van der Waals surface area (Å²) in [6.45, 7) is 1.76. The summed E-state index contributed by atoms with van der Waals surface area (Å²) < 4.78 is 24.6. The Labute approximate surface area is 120 Å². The molecule has 0 spiro atoms. The lowest BCUT2D eigenvalue weighted by molar-refractivity contribution is 0.0738. The van der Waals surface area contributed by atoms with Gasteiger partial charge in [0.2, 0.25) is 4.96 Å². The third-order valence-corrected chi connectivity index (χ3v) is 6.02. The molecule has 2 aromatic heterocycles. The summed E-state index contributed by atoms with van der Waals surface area (Å²) in [7, 11) is -1.38. The Hall–Kier alpha value is -1.48. The highest BCUT2D eigenvalue weighted by Crippen LogP contribution is 2.21. The standard InChI is InChI=1S/C11H14N4O3S2/c1-7-9(15-11(13-7)19-6-12-15)10(16)14(2)8-3-4-20(17,18)5-8/h6,8H,3-5H2,1-2H3. The minimum Gasteiger partial charge on any atom is -0.336 e. The van der Waals surface area contributed by atoms with Crippen LogP contribution in [0.15, 0.2) is 5.51 Å². The number of fused-ring (bicyclic) bond motifs is 1. The maximum Gasteiger partial charge on any atom is 0.274 e. The van der Waals surface area contributed by atoms with Gasteiger partial charge in [0.1, 0.15) is 5.51 Å². The van der Waals surface area contributed by atoms with Crippen molar-refractivity contribution >= 4 is 32.0 Å². The molecule has 0 N–H and O–H groups in total. The predicted molar refractivity (Wildman–Crippen MR) is 74.8 cm³/mol. The van der Waals surface area contributed by atoms with Gasteiger partial charge in [0.05, 0.1) is 17.2 Å². The fourth-order valence-electron chi connectivity index (χ4n) is 2.45. The van der Waals surface area contributed by atoms with Gasteiger partial charge in [-0.2, -0.15) is 9.61 Å². The molecule has 0 saturated carbocycles. The summed E-state index contributed by atoms with van der Waals surface area (Å²) in [5.74, 6) is -0.0527. The van der Waals surface area contributed by atoms with E-state index in [1.165, 1.54) is 20.8 Å². The minimum absolute atomic E-state index is 0.0350. The first-order valence-corrected chi connectivity index (χ1v) is 8.85. The summed E-state index contributed by atoms with van der Waals surface area (Å²) in [6.07, 6.45) is 0.489. The molecule has 3 heterocycles. The van der Waals surface area contributed by atoms with E-state index in [-0.39, 0.29) is 23.5 Å². The van der Waals surface area contributed by atoms with Gasteiger partial charge in [-0.3, -0.25) is 4.79 Å². The maximum atomic E-state index is 12.6. The highest BCUT2D eigenvalue weighted by molar-refractivity contribution is 7.91. The number of aromatic nitrogens is 3. The third-order valence-electron chi connectivity index (χ3n) is 3.60. The molecule has 1 saturated heterocycles. The van der Waals surface area contributed by atoms with Gasteiger partial charge < -0.3 is 4.90 Å². The van der Waals surface area contributed by atoms with E-state index >= 15 is 0 Å². The van der Waals surface area contributed by atoms with Gasteiger partial charge in [0.25, 0.3) is 5.91 Å². The van der Waals surface area contributed by atoms with Gasteiger partial charge >= 0.3 is 0 Å². The van der Waals surface area contributed by atoms with Crippen molar-refractivity contribution in [3.63, 3.8) is 0 Å². The molecule has 1 unspecified atom stereocenters. The number of carbonyl (C=O) groups is 1. The third kappa shape index (κ3) is 2.10. The van der Waals surface area contributed by atoms with Crippen molar-refractivity contribution in [2.45, 2.75) is 19.4 Å². The summed E-state index contributed by atoms with van der Waals surface area (Å²) in [5, 5.41) is 4.11. The maximum absolute atomic E-state index is 12.6. The second kappa shape index (κ2) is 4.52. The number of hydrogen-bond donors (Lipinski definition) is 0. The number of carbonyl (C=O) groups excluding carboxylic acids is 1. The van der Waals surface area contributed by atoms with Crippen molar-refractivity contribution in [2.75, 3.05) is 18.6 Å². The minimum atomic E-state index is -3.01. The Balaban J connectivity index is 1.92. The largest absolute Gasteiger partial charge is 0.336 e. The Morgan fingerprint density at radius 3 is 2.95 bits per heavy atom. The Bertz CT molecular complexity index is 777. The molecule has 9 heteroatoms. The van der Waals surface area contributed by atoms with Crippen LogP contribution in [0.5, 0.6) is 0 Å². The number of imidazole rings is 1. The molecule has 0 bridgehead atoms. The normalized spacial score (nSPS) is 21.4. The zero-order valence-corrected chi connectivity index (χ0v) is 12.7. The van der Waals surface area contributed by atoms with Crippen LogP contribution in [0, 0.1) is 6.92 Å². The second-order valence-electron chi connectivity index (χ2n) is 4.95. The van der Waals surface area contributed by atoms with Crippen LogP contribution < -0.4 is 0 Å². The average molecular weight is 314 g/mol. The molecule has 20 heavy (non-hydrogen) atoms. The highest BCUT2D eigenvalue weighted by Gasteiger charge is 2.34. The topological polar surface area (TPSA) is 84.6 Å². The number of rotatable bonds is 2. The number of aryl methyl sites for hydroxylation is 1. The van der Waals surface area contributed by atoms with Crippen molar-refractivity contribution < 1.29 is 13.2 Å². The molecule has 2 aromatic rings. The Kier molecular flexibility index (Phi) is 3.05. The SMILES string of the molecule is Cc1nc2scnn2c1C(=O)N(C)C1CCS(=O)(=O)C1. The monoisotopic (exact) mass is 314 g/mol. The van der Waals surface area contributed by atoms with Crippen LogP contribution in [-0.4, -0.2) is 58.4 Å². The van der Waals surface area contributed by atoms with Crippen LogP contribution in [-0.2, 0) is 9.84 Å². The van der Waals surface area contributed by atoms with Crippen molar-refractivity contribution in [1.29, 1.82) is 0 Å². The zero-order chi connectivity index (χ0) is 14.5. The molecule has 0 aromatic carbocycles. The van der Waals surface area contributed by atoms with Crippen molar-refractivity contribution in [3.05, 3.63) is 16.9 Å². The second-order valence-corrected chi connectivity index (χ2v) is 7.99. The lowest BCUT2D eigenvalue weighted by Gasteiger charge is -2.23. The van der Waals surface area contributed by atoms with Crippen molar-refractivity contribution in [2.24, 2.45) is 0 Å². The molecule has 0 radical (unpaired) electrons. The van der Waals surface area contributed by atoms with Crippen LogP contribution >= 0.6 is 11.3 Å². The first-order chi connectivity index (χ1) is 9.39. The van der Waals surface area contributed by atoms with Gasteiger partial charge in [-0.15, -0.1) is 0 Å². The lowest BCUT2D eigenvalue weighted by atomic mass is 10.2. The van der Waals surface area contributed by atoms with E-state index in [1.54, 1.807) is 19.5 Å². The fourth-order valence-corrected chi connectivity index (χ4v) is 4.89. The summed E-state index contributed by atoms with van der Waals surface area (Å²) in [4.78, 5) is 19.0. The van der Waals surface area contributed by atoms with Crippen LogP contribution in [0.3, 0.4) is 0 Å². The highest BCUT2D eigenvalue weighted by atomic mass is 32.2. The molecule has 3 rings (SSSR count). The molecular weight excluding hydrogens is 300 g/mol. The van der Waals surface area contributed by atoms with Crippen LogP contribution in [0.1, 0.15) is 22.6 Å². The molecule has 1 fully saturated rings. The molecule has 0 aliphatic carbocycles. The fraction of sp³-hybridized carbons (Fsp3) is 0.545. The van der Waals surface area contributed by atoms with Crippen LogP contribution in [0.2, 0.25) is 0 Å². The summed E-state index contributed by atoms with van der Waals surface area (Å²) in [5.41, 5.74) is 2.65. The first-order valence-electron chi connectivity index (χ1n) is 6.15. The number of hydrogen-bond acceptors (Lipinski definition) is 6. The van der Waals surface area contributed by atoms with Gasteiger partial charge in [-0.05, 0) is 13.3 Å². The zero-order valence-electron chi connectivity index (χ0n) is 11.1. The summed E-state index contributed by atoms with van der Waals surface area (Å²) >= 11 is 1.36. The Morgan fingerprint density at radius 1 is 1.55 bits per heavy atom. The molecule has 1 aliphatic heterocycles. The number of nitrogens with zero attached hydrogens (tertiary/aromatic N) is 4. The van der Waals surface area contributed by atoms with Crippen molar-refractivity contribution in [3.8, 4) is 0 Å². The van der Waals surface area contributed by atoms with E-state index in [0.29, 0.717) is 22.8 Å². The van der Waals surface area contributed by atoms with Crippen molar-refractivity contribution in [1.82, 2.24) is 19.5 Å². The molecule has 1 aliphatic rings. The molecule has 1 atom stereocenters. The molecule has 1 amide bonds. The molecular formula is C11H14N4O3S2. The van der Waals surface area contributed by atoms with Crippen LogP contribution in [0.25, 0.3) is 4.96 Å². The Morgan fingerprint density at radius 2 is 2.30 bits per heavy atom. The van der Waals surface area contributed by atoms with E-state index in [1.807, 2.05) is 0 Å². The molecule has 108 valence electrons. The van der Waals surface area contributed by atoms with E-state index in [2.05, 4.69) is 10.1 Å². The van der Waals surface area contributed by atoms with Gasteiger partial charge in [-0.25, -0.2) is 13.4 Å². The lowest BCUT2D eigenvalue weighted by Crippen LogP contribution is -2.38. The summed E-state index contributed by atoms with van der Waals surface area (Å²) in [6, 6.07) is -0.268. The van der Waals surface area contributed by atoms with E-state index in [9.17, 15) is 13.2 Å². The van der Waals surface area contributed by atoms with Gasteiger partial charge in [0.15, 0.2) is 15.5 Å². The van der Waals surface area contributed by atoms with E-state index in [4.69, 9.17) is 0 Å².